The molecular formula is C16H22FN3O. The third-order valence-corrected chi connectivity index (χ3v) is 3.87. The van der Waals surface area contributed by atoms with Crippen molar-refractivity contribution < 1.29 is 8.91 Å². The first kappa shape index (κ1) is 15.6. The highest BCUT2D eigenvalue weighted by Crippen LogP contribution is 2.28. The van der Waals surface area contributed by atoms with Crippen LogP contribution in [-0.4, -0.2) is 23.2 Å². The summed E-state index contributed by atoms with van der Waals surface area (Å²) in [6.45, 7) is 8.05. The maximum atomic E-state index is 13.6. The molecule has 0 aliphatic carbocycles. The monoisotopic (exact) mass is 291 g/mol. The first-order chi connectivity index (χ1) is 9.93. The average molecular weight is 291 g/mol. The first-order valence-corrected chi connectivity index (χ1v) is 7.21. The fourth-order valence-corrected chi connectivity index (χ4v) is 2.48. The first-order valence-electron chi connectivity index (χ1n) is 7.21. The van der Waals surface area contributed by atoms with Gasteiger partial charge in [-0.05, 0) is 38.4 Å². The third kappa shape index (κ3) is 3.29. The SMILES string of the molecule is CNC(C)C(c1nc(-c2ccc(C)c(F)c2)no1)C(C)C. The van der Waals surface area contributed by atoms with Gasteiger partial charge in [0.2, 0.25) is 11.7 Å². The molecule has 1 heterocycles. The Labute approximate surface area is 124 Å². The van der Waals surface area contributed by atoms with Gasteiger partial charge in [0.15, 0.2) is 0 Å². The molecule has 0 saturated carbocycles. The quantitative estimate of drug-likeness (QED) is 0.915. The maximum Gasteiger partial charge on any atom is 0.231 e. The van der Waals surface area contributed by atoms with Gasteiger partial charge < -0.3 is 9.84 Å². The van der Waals surface area contributed by atoms with Gasteiger partial charge >= 0.3 is 0 Å². The highest BCUT2D eigenvalue weighted by molar-refractivity contribution is 5.55. The van der Waals surface area contributed by atoms with E-state index < -0.39 is 0 Å². The minimum Gasteiger partial charge on any atom is -0.339 e. The van der Waals surface area contributed by atoms with Gasteiger partial charge in [-0.15, -0.1) is 0 Å². The van der Waals surface area contributed by atoms with Gasteiger partial charge in [0.25, 0.3) is 0 Å². The molecule has 1 aromatic carbocycles. The van der Waals surface area contributed by atoms with Crippen molar-refractivity contribution in [3.8, 4) is 11.4 Å². The van der Waals surface area contributed by atoms with Crippen LogP contribution in [0.3, 0.4) is 0 Å². The van der Waals surface area contributed by atoms with Crippen LogP contribution in [0.5, 0.6) is 0 Å². The minimum atomic E-state index is -0.261. The van der Waals surface area contributed by atoms with Crippen LogP contribution in [0.4, 0.5) is 4.39 Å². The van der Waals surface area contributed by atoms with Crippen LogP contribution < -0.4 is 5.32 Å². The fraction of sp³-hybridized carbons (Fsp3) is 0.500. The molecule has 0 bridgehead atoms. The highest BCUT2D eigenvalue weighted by atomic mass is 19.1. The highest BCUT2D eigenvalue weighted by Gasteiger charge is 2.27. The molecule has 5 heteroatoms. The van der Waals surface area contributed by atoms with Crippen molar-refractivity contribution in [3.05, 3.63) is 35.5 Å². The molecule has 1 N–H and O–H groups in total. The Bertz CT molecular complexity index is 609. The van der Waals surface area contributed by atoms with Crippen molar-refractivity contribution in [2.45, 2.75) is 39.7 Å². The summed E-state index contributed by atoms with van der Waals surface area (Å²) >= 11 is 0. The molecule has 0 radical (unpaired) electrons. The van der Waals surface area contributed by atoms with E-state index in [1.807, 2.05) is 7.05 Å². The van der Waals surface area contributed by atoms with E-state index in [-0.39, 0.29) is 17.8 Å². The Morgan fingerprint density at radius 1 is 1.24 bits per heavy atom. The van der Waals surface area contributed by atoms with E-state index in [0.717, 1.165) is 0 Å². The molecule has 0 aliphatic rings. The molecular weight excluding hydrogens is 269 g/mol. The summed E-state index contributed by atoms with van der Waals surface area (Å²) in [4.78, 5) is 4.46. The summed E-state index contributed by atoms with van der Waals surface area (Å²) in [6, 6.07) is 5.18. The molecule has 0 spiro atoms. The summed E-state index contributed by atoms with van der Waals surface area (Å²) in [7, 11) is 1.91. The molecule has 21 heavy (non-hydrogen) atoms. The maximum absolute atomic E-state index is 13.6. The minimum absolute atomic E-state index is 0.117. The van der Waals surface area contributed by atoms with Crippen molar-refractivity contribution in [2.24, 2.45) is 5.92 Å². The van der Waals surface area contributed by atoms with E-state index in [4.69, 9.17) is 4.52 Å². The molecule has 114 valence electrons. The molecule has 4 nitrogen and oxygen atoms in total. The van der Waals surface area contributed by atoms with E-state index in [9.17, 15) is 4.39 Å². The van der Waals surface area contributed by atoms with E-state index in [2.05, 4.69) is 36.2 Å². The second-order valence-corrected chi connectivity index (χ2v) is 5.77. The van der Waals surface area contributed by atoms with Gasteiger partial charge in [-0.1, -0.05) is 31.1 Å². The van der Waals surface area contributed by atoms with Gasteiger partial charge in [-0.25, -0.2) is 4.39 Å². The number of rotatable bonds is 5. The number of nitrogens with zero attached hydrogens (tertiary/aromatic N) is 2. The molecule has 0 aliphatic heterocycles. The van der Waals surface area contributed by atoms with Gasteiger partial charge in [0, 0.05) is 11.6 Å². The van der Waals surface area contributed by atoms with E-state index in [0.29, 0.717) is 28.8 Å². The molecule has 1 aromatic heterocycles. The van der Waals surface area contributed by atoms with Crippen molar-refractivity contribution in [3.63, 3.8) is 0 Å². The van der Waals surface area contributed by atoms with Crippen molar-refractivity contribution in [2.75, 3.05) is 7.05 Å². The second-order valence-electron chi connectivity index (χ2n) is 5.77. The zero-order valence-electron chi connectivity index (χ0n) is 13.1. The second kappa shape index (κ2) is 6.35. The lowest BCUT2D eigenvalue weighted by atomic mass is 9.89. The Balaban J connectivity index is 2.33. The molecule has 0 fully saturated rings. The normalized spacial score (nSPS) is 14.4. The van der Waals surface area contributed by atoms with Crippen LogP contribution >= 0.6 is 0 Å². The van der Waals surface area contributed by atoms with Crippen LogP contribution in [0.25, 0.3) is 11.4 Å². The average Bonchev–Trinajstić information content (AvgIpc) is 2.90. The number of benzene rings is 1. The smallest absolute Gasteiger partial charge is 0.231 e. The summed E-state index contributed by atoms with van der Waals surface area (Å²) in [5.41, 5.74) is 1.24. The summed E-state index contributed by atoms with van der Waals surface area (Å²) < 4.78 is 19.1. The van der Waals surface area contributed by atoms with Gasteiger partial charge in [-0.3, -0.25) is 0 Å². The van der Waals surface area contributed by atoms with Crippen LogP contribution in [-0.2, 0) is 0 Å². The van der Waals surface area contributed by atoms with Crippen LogP contribution in [0.15, 0.2) is 22.7 Å². The molecule has 0 saturated heterocycles. The van der Waals surface area contributed by atoms with Crippen molar-refractivity contribution in [1.82, 2.24) is 15.5 Å². The Morgan fingerprint density at radius 3 is 2.52 bits per heavy atom. The molecule has 0 amide bonds. The Morgan fingerprint density at radius 2 is 1.95 bits per heavy atom. The number of halogens is 1. The van der Waals surface area contributed by atoms with Crippen LogP contribution in [0.2, 0.25) is 0 Å². The van der Waals surface area contributed by atoms with E-state index in [1.54, 1.807) is 19.1 Å². The molecule has 2 rings (SSSR count). The molecule has 2 atom stereocenters. The topological polar surface area (TPSA) is 51.0 Å². The summed E-state index contributed by atoms with van der Waals surface area (Å²) in [5.74, 6) is 1.23. The van der Waals surface area contributed by atoms with Crippen LogP contribution in [0, 0.1) is 18.7 Å². The summed E-state index contributed by atoms with van der Waals surface area (Å²) in [5, 5.41) is 7.22. The number of hydrogen-bond donors (Lipinski definition) is 1. The number of nitrogens with one attached hydrogen (secondary N) is 1. The largest absolute Gasteiger partial charge is 0.339 e. The van der Waals surface area contributed by atoms with E-state index >= 15 is 0 Å². The third-order valence-electron chi connectivity index (χ3n) is 3.87. The number of hydrogen-bond acceptors (Lipinski definition) is 4. The van der Waals surface area contributed by atoms with E-state index in [1.165, 1.54) is 6.07 Å². The Hall–Kier alpha value is -1.75. The Kier molecular flexibility index (Phi) is 4.73. The number of likely N-dealkylation sites (N-methyl/N-ethyl adjacent to an activating group) is 1. The lowest BCUT2D eigenvalue weighted by Crippen LogP contribution is -2.32. The lowest BCUT2D eigenvalue weighted by Gasteiger charge is -2.23. The zero-order valence-corrected chi connectivity index (χ0v) is 13.1. The van der Waals surface area contributed by atoms with Crippen LogP contribution in [0.1, 0.15) is 38.1 Å². The number of aromatic nitrogens is 2. The predicted molar refractivity (Wildman–Crippen MR) is 80.5 cm³/mol. The fourth-order valence-electron chi connectivity index (χ4n) is 2.48. The zero-order chi connectivity index (χ0) is 15.6. The molecule has 2 unspecified atom stereocenters. The van der Waals surface area contributed by atoms with Gasteiger partial charge in [-0.2, -0.15) is 4.98 Å². The number of aryl methyl sites for hydroxylation is 1. The van der Waals surface area contributed by atoms with Gasteiger partial charge in [0.05, 0.1) is 5.92 Å². The summed E-state index contributed by atoms with van der Waals surface area (Å²) in [6.07, 6.45) is 0. The lowest BCUT2D eigenvalue weighted by molar-refractivity contribution is 0.286. The predicted octanol–water partition coefficient (Wildman–Crippen LogP) is 3.53. The van der Waals surface area contributed by atoms with Gasteiger partial charge in [0.1, 0.15) is 5.82 Å². The molecule has 2 aromatic rings. The van der Waals surface area contributed by atoms with Crippen molar-refractivity contribution >= 4 is 0 Å². The standard InChI is InChI=1S/C16H22FN3O/c1-9(2)14(11(4)18-5)16-19-15(20-21-16)12-7-6-10(3)13(17)8-12/h6-9,11,14,18H,1-5H3. The van der Waals surface area contributed by atoms with Crippen molar-refractivity contribution in [1.29, 1.82) is 0 Å².